The molecular formula is C14H19BrN2O2. The van der Waals surface area contributed by atoms with Crippen molar-refractivity contribution in [1.82, 2.24) is 5.32 Å². The minimum Gasteiger partial charge on any atom is -0.398 e. The van der Waals surface area contributed by atoms with Crippen LogP contribution < -0.4 is 11.1 Å². The van der Waals surface area contributed by atoms with Crippen molar-refractivity contribution in [1.29, 1.82) is 0 Å². The van der Waals surface area contributed by atoms with Crippen molar-refractivity contribution in [3.63, 3.8) is 0 Å². The molecule has 1 saturated carbocycles. The summed E-state index contributed by atoms with van der Waals surface area (Å²) in [6.45, 7) is 2.12. The maximum atomic E-state index is 12.2. The van der Waals surface area contributed by atoms with Gasteiger partial charge in [0.1, 0.15) is 0 Å². The van der Waals surface area contributed by atoms with E-state index in [1.165, 1.54) is 0 Å². The number of carbonyl (C=O) groups excluding carboxylic acids is 1. The van der Waals surface area contributed by atoms with Gasteiger partial charge in [-0.2, -0.15) is 0 Å². The van der Waals surface area contributed by atoms with Crippen LogP contribution in [0.3, 0.4) is 0 Å². The first kappa shape index (κ1) is 14.3. The monoisotopic (exact) mass is 326 g/mol. The number of rotatable bonds is 3. The summed E-state index contributed by atoms with van der Waals surface area (Å²) >= 11 is 3.33. The van der Waals surface area contributed by atoms with E-state index >= 15 is 0 Å². The van der Waals surface area contributed by atoms with Gasteiger partial charge in [-0.3, -0.25) is 4.79 Å². The predicted molar refractivity (Wildman–Crippen MR) is 79.0 cm³/mol. The van der Waals surface area contributed by atoms with Crippen LogP contribution in [0.15, 0.2) is 16.6 Å². The van der Waals surface area contributed by atoms with Crippen molar-refractivity contribution >= 4 is 27.5 Å². The van der Waals surface area contributed by atoms with Crippen molar-refractivity contribution in [2.24, 2.45) is 0 Å². The highest BCUT2D eigenvalue weighted by atomic mass is 79.9. The molecular weight excluding hydrogens is 308 g/mol. The van der Waals surface area contributed by atoms with E-state index in [0.29, 0.717) is 17.8 Å². The van der Waals surface area contributed by atoms with Gasteiger partial charge in [-0.15, -0.1) is 0 Å². The molecule has 0 aliphatic heterocycles. The van der Waals surface area contributed by atoms with Gasteiger partial charge in [-0.05, 0) is 37.5 Å². The quantitative estimate of drug-likeness (QED) is 0.746. The second kappa shape index (κ2) is 5.51. The third kappa shape index (κ3) is 3.28. The summed E-state index contributed by atoms with van der Waals surface area (Å²) in [6.07, 6.45) is 3.56. The molecule has 0 unspecified atom stereocenters. The first-order valence-electron chi connectivity index (χ1n) is 6.47. The van der Waals surface area contributed by atoms with Gasteiger partial charge in [0.2, 0.25) is 0 Å². The average Bonchev–Trinajstić information content (AvgIpc) is 2.78. The van der Waals surface area contributed by atoms with Crippen LogP contribution in [0, 0.1) is 6.92 Å². The van der Waals surface area contributed by atoms with Gasteiger partial charge in [0.15, 0.2) is 0 Å². The van der Waals surface area contributed by atoms with E-state index in [9.17, 15) is 9.90 Å². The van der Waals surface area contributed by atoms with Gasteiger partial charge < -0.3 is 16.2 Å². The summed E-state index contributed by atoms with van der Waals surface area (Å²) in [5, 5.41) is 13.0. The summed E-state index contributed by atoms with van der Waals surface area (Å²) in [7, 11) is 0. The normalized spacial score (nSPS) is 17.4. The van der Waals surface area contributed by atoms with Crippen LogP contribution >= 0.6 is 15.9 Å². The van der Waals surface area contributed by atoms with E-state index in [1.54, 1.807) is 12.1 Å². The highest BCUT2D eigenvalue weighted by molar-refractivity contribution is 9.10. The zero-order chi connectivity index (χ0) is 14.0. The molecule has 19 heavy (non-hydrogen) atoms. The number of carbonyl (C=O) groups is 1. The lowest BCUT2D eigenvalue weighted by Gasteiger charge is -2.22. The minimum atomic E-state index is -0.735. The first-order valence-corrected chi connectivity index (χ1v) is 7.27. The van der Waals surface area contributed by atoms with Gasteiger partial charge in [-0.1, -0.05) is 28.8 Å². The smallest absolute Gasteiger partial charge is 0.251 e. The van der Waals surface area contributed by atoms with Gasteiger partial charge in [0.05, 0.1) is 5.60 Å². The van der Waals surface area contributed by atoms with Crippen molar-refractivity contribution in [3.05, 3.63) is 27.7 Å². The highest BCUT2D eigenvalue weighted by Crippen LogP contribution is 2.29. The molecule has 1 aromatic rings. The Morgan fingerprint density at radius 2 is 2.11 bits per heavy atom. The Labute approximate surface area is 121 Å². The Balaban J connectivity index is 2.08. The summed E-state index contributed by atoms with van der Waals surface area (Å²) in [4.78, 5) is 12.2. The van der Waals surface area contributed by atoms with Gasteiger partial charge in [0.25, 0.3) is 5.91 Å². The largest absolute Gasteiger partial charge is 0.398 e. The van der Waals surface area contributed by atoms with Crippen LogP contribution in [0.25, 0.3) is 0 Å². The van der Waals surface area contributed by atoms with Crippen LogP contribution in [0.1, 0.15) is 41.6 Å². The zero-order valence-electron chi connectivity index (χ0n) is 11.0. The fraction of sp³-hybridized carbons (Fsp3) is 0.500. The first-order chi connectivity index (χ1) is 8.91. The molecule has 0 aromatic heterocycles. The molecule has 4 nitrogen and oxygen atoms in total. The molecule has 0 radical (unpaired) electrons. The summed E-state index contributed by atoms with van der Waals surface area (Å²) in [5.41, 5.74) is 7.00. The molecule has 0 spiro atoms. The van der Waals surface area contributed by atoms with E-state index in [-0.39, 0.29) is 5.91 Å². The number of halogens is 1. The number of nitrogens with two attached hydrogens (primary N) is 1. The maximum Gasteiger partial charge on any atom is 0.251 e. The van der Waals surface area contributed by atoms with E-state index in [4.69, 9.17) is 5.73 Å². The standard InChI is InChI=1S/C14H19BrN2O2/c1-9-11(6-10(15)7-12(9)16)13(18)17-8-14(19)4-2-3-5-14/h6-7,19H,2-5,8,16H2,1H3,(H,17,18). The molecule has 0 saturated heterocycles. The van der Waals surface area contributed by atoms with Crippen LogP contribution in [-0.4, -0.2) is 23.2 Å². The van der Waals surface area contributed by atoms with Crippen LogP contribution in [-0.2, 0) is 0 Å². The number of aliphatic hydroxyl groups is 1. The molecule has 1 aromatic carbocycles. The van der Waals surface area contributed by atoms with Crippen LogP contribution in [0.4, 0.5) is 5.69 Å². The molecule has 1 fully saturated rings. The minimum absolute atomic E-state index is 0.189. The molecule has 0 heterocycles. The lowest BCUT2D eigenvalue weighted by atomic mass is 10.0. The lowest BCUT2D eigenvalue weighted by molar-refractivity contribution is 0.0449. The SMILES string of the molecule is Cc1c(N)cc(Br)cc1C(=O)NCC1(O)CCCC1. The second-order valence-electron chi connectivity index (χ2n) is 5.28. The number of hydrogen-bond acceptors (Lipinski definition) is 3. The summed E-state index contributed by atoms with van der Waals surface area (Å²) in [6, 6.07) is 3.52. The molecule has 0 bridgehead atoms. The topological polar surface area (TPSA) is 75.4 Å². The third-order valence-corrected chi connectivity index (χ3v) is 4.23. The van der Waals surface area contributed by atoms with Crippen molar-refractivity contribution in [2.45, 2.75) is 38.2 Å². The fourth-order valence-corrected chi connectivity index (χ4v) is 2.96. The number of hydrogen-bond donors (Lipinski definition) is 3. The molecule has 1 aliphatic carbocycles. The molecule has 1 aliphatic rings. The van der Waals surface area contributed by atoms with Crippen molar-refractivity contribution < 1.29 is 9.90 Å². The fourth-order valence-electron chi connectivity index (χ4n) is 2.49. The summed E-state index contributed by atoms with van der Waals surface area (Å²) < 4.78 is 0.778. The number of anilines is 1. The Bertz CT molecular complexity index is 496. The Hall–Kier alpha value is -1.07. The van der Waals surface area contributed by atoms with Gasteiger partial charge in [0, 0.05) is 22.3 Å². The van der Waals surface area contributed by atoms with Crippen molar-refractivity contribution in [3.8, 4) is 0 Å². The number of benzene rings is 1. The lowest BCUT2D eigenvalue weighted by Crippen LogP contribution is -2.41. The van der Waals surface area contributed by atoms with Crippen LogP contribution in [0.5, 0.6) is 0 Å². The average molecular weight is 327 g/mol. The second-order valence-corrected chi connectivity index (χ2v) is 6.20. The molecule has 4 N–H and O–H groups in total. The predicted octanol–water partition coefficient (Wildman–Crippen LogP) is 2.37. The molecule has 5 heteroatoms. The molecule has 104 valence electrons. The van der Waals surface area contributed by atoms with Gasteiger partial charge in [-0.25, -0.2) is 0 Å². The summed E-state index contributed by atoms with van der Waals surface area (Å²) in [5.74, 6) is -0.189. The third-order valence-electron chi connectivity index (χ3n) is 3.77. The molecule has 0 atom stereocenters. The zero-order valence-corrected chi connectivity index (χ0v) is 12.6. The Kier molecular flexibility index (Phi) is 4.16. The highest BCUT2D eigenvalue weighted by Gasteiger charge is 2.31. The van der Waals surface area contributed by atoms with E-state index in [2.05, 4.69) is 21.2 Å². The van der Waals surface area contributed by atoms with E-state index in [1.807, 2.05) is 6.92 Å². The molecule has 2 rings (SSSR count). The Morgan fingerprint density at radius 3 is 2.74 bits per heavy atom. The van der Waals surface area contributed by atoms with Gasteiger partial charge >= 0.3 is 0 Å². The number of nitrogen functional groups attached to an aromatic ring is 1. The van der Waals surface area contributed by atoms with Crippen LogP contribution in [0.2, 0.25) is 0 Å². The molecule has 1 amide bonds. The number of amides is 1. The Morgan fingerprint density at radius 1 is 1.47 bits per heavy atom. The maximum absolute atomic E-state index is 12.2. The number of nitrogens with one attached hydrogen (secondary N) is 1. The van der Waals surface area contributed by atoms with Crippen molar-refractivity contribution in [2.75, 3.05) is 12.3 Å². The van der Waals surface area contributed by atoms with E-state index < -0.39 is 5.60 Å². The van der Waals surface area contributed by atoms with E-state index in [0.717, 1.165) is 35.7 Å².